The summed E-state index contributed by atoms with van der Waals surface area (Å²) in [4.78, 5) is 61.1. The van der Waals surface area contributed by atoms with Crippen LogP contribution in [0.1, 0.15) is 37.8 Å². The zero-order valence-electron chi connectivity index (χ0n) is 45.2. The van der Waals surface area contributed by atoms with Gasteiger partial charge < -0.3 is 50.5 Å². The average Bonchev–Trinajstić information content (AvgIpc) is 4.25. The Morgan fingerprint density at radius 3 is 1.36 bits per heavy atom. The van der Waals surface area contributed by atoms with Crippen molar-refractivity contribution in [3.05, 3.63) is 84.7 Å². The Kier molecular flexibility index (Phi) is 16.2. The number of aromatic nitrogens is 10. The molecule has 2 aromatic carbocycles. The number of carbonyl (C=O) groups is 2. The summed E-state index contributed by atoms with van der Waals surface area (Å²) in [5.41, 5.74) is 9.94. The Balaban J connectivity index is 0.000000186. The highest BCUT2D eigenvalue weighted by atomic mass is 16.5. The number of likely N-dealkylation sites (N-methyl/N-ethyl adjacent to an activating group) is 2. The van der Waals surface area contributed by atoms with E-state index in [0.29, 0.717) is 35.0 Å². The Labute approximate surface area is 442 Å². The van der Waals surface area contributed by atoms with E-state index in [4.69, 9.17) is 19.4 Å². The molecule has 2 fully saturated rings. The highest BCUT2D eigenvalue weighted by Gasteiger charge is 2.29. The molecule has 0 radical (unpaired) electrons. The summed E-state index contributed by atoms with van der Waals surface area (Å²) in [5.74, 6) is 1.86. The second-order valence-corrected chi connectivity index (χ2v) is 19.5. The van der Waals surface area contributed by atoms with E-state index in [1.165, 1.54) is 0 Å². The van der Waals surface area contributed by atoms with E-state index in [0.717, 1.165) is 132 Å². The number of benzene rings is 2. The van der Waals surface area contributed by atoms with Crippen LogP contribution in [-0.4, -0.2) is 174 Å². The molecule has 0 bridgehead atoms. The number of fused-ring (bicyclic) bond motifs is 2. The SMILES string of the molecule is CC[C@@H](C(=O)Nc1cccc2c(-c3nc(Nc4cn(C)nc4OC)ncc3C)c[nH]c12)N1CCN(C)CC1.CC[C@H](C(=O)Nc1cccc2c(-c3nc(Nc4cn(C)nc4OC)ncc3C)c[nH]c12)N1CCN(C)CC1. The number of hydrogen-bond acceptors (Lipinski definition) is 16. The molecule has 8 heterocycles. The highest BCUT2D eigenvalue weighted by molar-refractivity contribution is 6.08. The molecule has 2 amide bonds. The first kappa shape index (κ1) is 52.9. The van der Waals surface area contributed by atoms with Gasteiger partial charge in [-0.2, -0.15) is 0 Å². The average molecular weight is 1040 g/mol. The minimum absolute atomic E-state index is 0.0239. The molecule has 400 valence electrons. The van der Waals surface area contributed by atoms with Crippen molar-refractivity contribution in [3.8, 4) is 34.3 Å². The molecule has 76 heavy (non-hydrogen) atoms. The van der Waals surface area contributed by atoms with Crippen LogP contribution in [0.25, 0.3) is 44.3 Å². The number of nitrogens with zero attached hydrogens (tertiary/aromatic N) is 12. The van der Waals surface area contributed by atoms with Crippen LogP contribution in [-0.2, 0) is 23.7 Å². The third-order valence-electron chi connectivity index (χ3n) is 14.2. The fourth-order valence-electron chi connectivity index (χ4n) is 10.0. The predicted octanol–water partition coefficient (Wildman–Crippen LogP) is 6.77. The molecule has 6 N–H and O–H groups in total. The van der Waals surface area contributed by atoms with Crippen LogP contribution in [0.2, 0.25) is 0 Å². The van der Waals surface area contributed by atoms with Gasteiger partial charge in [-0.05, 0) is 64.0 Å². The maximum atomic E-state index is 13.3. The minimum Gasteiger partial charge on any atom is -0.478 e. The standard InChI is InChI=1S/2C27H35N9O2/c2*1-6-22(36-12-10-34(3)11-13-36)25(37)30-20-9-7-8-18-19(15-28-24(18)20)23-17(2)14-29-27(32-23)31-21-16-35(4)33-26(21)38-5/h2*7-9,14-16,22,28H,6,10-13H2,1-5H3,(H,30,37)(H,29,31,32)/t2*22-/m10/s1. The molecule has 2 saturated heterocycles. The lowest BCUT2D eigenvalue weighted by Gasteiger charge is -2.36. The van der Waals surface area contributed by atoms with E-state index in [-0.39, 0.29) is 23.9 Å². The van der Waals surface area contributed by atoms with Gasteiger partial charge in [0.25, 0.3) is 11.8 Å². The van der Waals surface area contributed by atoms with E-state index in [1.54, 1.807) is 36.0 Å². The second-order valence-electron chi connectivity index (χ2n) is 19.5. The molecule has 2 aliphatic heterocycles. The highest BCUT2D eigenvalue weighted by Crippen LogP contribution is 2.36. The van der Waals surface area contributed by atoms with Crippen LogP contribution < -0.4 is 30.7 Å². The Morgan fingerprint density at radius 1 is 0.592 bits per heavy atom. The molecule has 0 saturated carbocycles. The summed E-state index contributed by atoms with van der Waals surface area (Å²) in [6, 6.07) is 11.6. The van der Waals surface area contributed by atoms with Gasteiger partial charge in [-0.3, -0.25) is 28.8 Å². The van der Waals surface area contributed by atoms with Gasteiger partial charge in [0.05, 0.1) is 72.5 Å². The maximum absolute atomic E-state index is 13.3. The van der Waals surface area contributed by atoms with Crippen LogP contribution >= 0.6 is 0 Å². The third kappa shape index (κ3) is 11.5. The summed E-state index contributed by atoms with van der Waals surface area (Å²) in [5, 5.41) is 23.3. The van der Waals surface area contributed by atoms with Crippen LogP contribution in [0.5, 0.6) is 11.8 Å². The monoisotopic (exact) mass is 1030 g/mol. The van der Waals surface area contributed by atoms with E-state index in [9.17, 15) is 9.59 Å². The molecule has 8 aromatic rings. The van der Waals surface area contributed by atoms with Gasteiger partial charge in [-0.15, -0.1) is 10.2 Å². The topological polar surface area (TPSA) is 232 Å². The van der Waals surface area contributed by atoms with Crippen LogP contribution in [0.15, 0.2) is 73.6 Å². The zero-order chi connectivity index (χ0) is 53.6. The lowest BCUT2D eigenvalue weighted by molar-refractivity contribution is -0.122. The van der Waals surface area contributed by atoms with E-state index >= 15 is 0 Å². The number of ether oxygens (including phenoxy) is 2. The van der Waals surface area contributed by atoms with Crippen molar-refractivity contribution in [1.29, 1.82) is 0 Å². The van der Waals surface area contributed by atoms with Gasteiger partial charge in [-0.1, -0.05) is 38.1 Å². The van der Waals surface area contributed by atoms with Gasteiger partial charge in [0.1, 0.15) is 11.4 Å². The van der Waals surface area contributed by atoms with Crippen molar-refractivity contribution < 1.29 is 19.1 Å². The maximum Gasteiger partial charge on any atom is 0.256 e. The van der Waals surface area contributed by atoms with Crippen molar-refractivity contribution in [2.75, 3.05) is 102 Å². The van der Waals surface area contributed by atoms with E-state index < -0.39 is 0 Å². The quantitative estimate of drug-likeness (QED) is 0.0587. The Bertz CT molecular complexity index is 3090. The smallest absolute Gasteiger partial charge is 0.256 e. The normalized spacial score (nSPS) is 15.5. The van der Waals surface area contributed by atoms with Gasteiger partial charge in [0.15, 0.2) is 0 Å². The van der Waals surface area contributed by atoms with E-state index in [2.05, 4.69) is 98.9 Å². The number of anilines is 6. The molecule has 10 rings (SSSR count). The second kappa shape index (κ2) is 23.3. The molecular formula is C54H70N18O4. The zero-order valence-corrected chi connectivity index (χ0v) is 45.2. The largest absolute Gasteiger partial charge is 0.478 e. The summed E-state index contributed by atoms with van der Waals surface area (Å²) in [6.07, 6.45) is 12.6. The molecule has 22 heteroatoms. The van der Waals surface area contributed by atoms with Crippen LogP contribution in [0.3, 0.4) is 0 Å². The van der Waals surface area contributed by atoms with E-state index in [1.807, 2.05) is 89.1 Å². The predicted molar refractivity (Wildman–Crippen MR) is 298 cm³/mol. The van der Waals surface area contributed by atoms with Crippen molar-refractivity contribution in [1.82, 2.24) is 69.1 Å². The first-order valence-corrected chi connectivity index (χ1v) is 25.8. The number of amides is 2. The Morgan fingerprint density at radius 2 is 0.987 bits per heavy atom. The number of aromatic amines is 2. The first-order valence-electron chi connectivity index (χ1n) is 25.8. The summed E-state index contributed by atoms with van der Waals surface area (Å²) in [7, 11) is 11.0. The number of piperazine rings is 2. The van der Waals surface area contributed by atoms with Gasteiger partial charge in [-0.25, -0.2) is 19.9 Å². The molecule has 2 atom stereocenters. The molecule has 22 nitrogen and oxygen atoms in total. The molecule has 0 spiro atoms. The summed E-state index contributed by atoms with van der Waals surface area (Å²) >= 11 is 0. The van der Waals surface area contributed by atoms with Gasteiger partial charge in [0, 0.05) is 113 Å². The van der Waals surface area contributed by atoms with Crippen molar-refractivity contribution in [3.63, 3.8) is 0 Å². The van der Waals surface area contributed by atoms with Crippen molar-refractivity contribution in [2.45, 2.75) is 52.6 Å². The fraction of sp³-hybridized carbons (Fsp3) is 0.407. The number of para-hydroxylation sites is 2. The number of aryl methyl sites for hydroxylation is 4. The fourth-order valence-corrected chi connectivity index (χ4v) is 10.0. The molecule has 0 unspecified atom stereocenters. The number of carbonyl (C=O) groups excluding carboxylic acids is 2. The van der Waals surface area contributed by atoms with Crippen LogP contribution in [0, 0.1) is 13.8 Å². The molecule has 2 aliphatic rings. The number of H-pyrrole nitrogens is 2. The first-order chi connectivity index (χ1) is 36.7. The lowest BCUT2D eigenvalue weighted by Crippen LogP contribution is -2.52. The number of hydrogen-bond donors (Lipinski definition) is 6. The molecular weight excluding hydrogens is 965 g/mol. The Hall–Kier alpha value is -7.92. The van der Waals surface area contributed by atoms with Crippen LogP contribution in [0.4, 0.5) is 34.6 Å². The van der Waals surface area contributed by atoms with Crippen molar-refractivity contribution >= 4 is 68.3 Å². The number of rotatable bonds is 16. The van der Waals surface area contributed by atoms with Gasteiger partial charge in [0.2, 0.25) is 23.7 Å². The summed E-state index contributed by atoms with van der Waals surface area (Å²) < 4.78 is 14.0. The number of nitrogens with one attached hydrogen (secondary N) is 6. The third-order valence-corrected chi connectivity index (χ3v) is 14.2. The lowest BCUT2D eigenvalue weighted by atomic mass is 10.1. The summed E-state index contributed by atoms with van der Waals surface area (Å²) in [6.45, 7) is 15.6. The number of methoxy groups -OCH3 is 2. The minimum atomic E-state index is -0.157. The molecule has 0 aliphatic carbocycles. The van der Waals surface area contributed by atoms with Gasteiger partial charge >= 0.3 is 0 Å². The van der Waals surface area contributed by atoms with Crippen molar-refractivity contribution in [2.24, 2.45) is 14.1 Å². The molecule has 6 aromatic heterocycles.